The second-order valence-corrected chi connectivity index (χ2v) is 6.68. The average molecular weight is 244 g/mol. The van der Waals surface area contributed by atoms with Gasteiger partial charge in [0.15, 0.2) is 0 Å². The molecule has 0 N–H and O–H groups in total. The van der Waals surface area contributed by atoms with Gasteiger partial charge in [-0.1, -0.05) is 41.5 Å². The fourth-order valence-corrected chi connectivity index (χ4v) is 2.48. The molecule has 0 amide bonds. The molecule has 2 nitrogen and oxygen atoms in total. The highest BCUT2D eigenvalue weighted by Crippen LogP contribution is 2.22. The van der Waals surface area contributed by atoms with Gasteiger partial charge in [-0.15, -0.1) is 0 Å². The zero-order valence-electron chi connectivity index (χ0n) is 11.3. The van der Waals surface area contributed by atoms with Crippen LogP contribution in [-0.4, -0.2) is 23.1 Å². The standard InChI is InChI=1S/C13H24O2S/c1-9(2)11(14)8-16-7-10(3)12(15)13(4,5)6/h9-10H,7-8H2,1-6H3. The molecule has 0 aromatic heterocycles. The maximum absolute atomic E-state index is 11.9. The molecule has 1 unspecified atom stereocenters. The van der Waals surface area contributed by atoms with Crippen molar-refractivity contribution in [2.24, 2.45) is 17.3 Å². The molecule has 0 aromatic carbocycles. The van der Waals surface area contributed by atoms with Gasteiger partial charge in [0, 0.05) is 23.0 Å². The van der Waals surface area contributed by atoms with Crippen molar-refractivity contribution in [2.75, 3.05) is 11.5 Å². The molecule has 0 radical (unpaired) electrons. The van der Waals surface area contributed by atoms with Crippen molar-refractivity contribution in [3.05, 3.63) is 0 Å². The van der Waals surface area contributed by atoms with Crippen molar-refractivity contribution < 1.29 is 9.59 Å². The molecule has 0 saturated heterocycles. The van der Waals surface area contributed by atoms with Crippen LogP contribution in [-0.2, 0) is 9.59 Å². The van der Waals surface area contributed by atoms with Crippen LogP contribution in [0.15, 0.2) is 0 Å². The Morgan fingerprint density at radius 2 is 1.62 bits per heavy atom. The van der Waals surface area contributed by atoms with Crippen LogP contribution in [0.4, 0.5) is 0 Å². The monoisotopic (exact) mass is 244 g/mol. The summed E-state index contributed by atoms with van der Waals surface area (Å²) >= 11 is 1.57. The van der Waals surface area contributed by atoms with Crippen molar-refractivity contribution in [2.45, 2.75) is 41.5 Å². The minimum Gasteiger partial charge on any atom is -0.299 e. The lowest BCUT2D eigenvalue weighted by Gasteiger charge is -2.21. The molecule has 0 fully saturated rings. The second kappa shape index (κ2) is 6.43. The first kappa shape index (κ1) is 15.7. The molecule has 0 saturated carbocycles. The van der Waals surface area contributed by atoms with Gasteiger partial charge in [-0.3, -0.25) is 9.59 Å². The van der Waals surface area contributed by atoms with E-state index in [0.29, 0.717) is 5.75 Å². The van der Waals surface area contributed by atoms with E-state index in [4.69, 9.17) is 0 Å². The van der Waals surface area contributed by atoms with E-state index in [-0.39, 0.29) is 28.8 Å². The van der Waals surface area contributed by atoms with Crippen LogP contribution in [0.1, 0.15) is 41.5 Å². The largest absolute Gasteiger partial charge is 0.299 e. The third kappa shape index (κ3) is 5.69. The first-order valence-electron chi connectivity index (χ1n) is 5.81. The summed E-state index contributed by atoms with van der Waals surface area (Å²) in [5, 5.41) is 0. The van der Waals surface area contributed by atoms with E-state index in [9.17, 15) is 9.59 Å². The van der Waals surface area contributed by atoms with E-state index in [1.165, 1.54) is 0 Å². The molecule has 1 atom stereocenters. The molecule has 0 spiro atoms. The average Bonchev–Trinajstić information content (AvgIpc) is 2.14. The van der Waals surface area contributed by atoms with Gasteiger partial charge in [-0.05, 0) is 0 Å². The number of thioether (sulfide) groups is 1. The molecular weight excluding hydrogens is 220 g/mol. The number of hydrogen-bond acceptors (Lipinski definition) is 3. The summed E-state index contributed by atoms with van der Waals surface area (Å²) in [6.45, 7) is 11.6. The van der Waals surface area contributed by atoms with E-state index in [0.717, 1.165) is 5.75 Å². The Morgan fingerprint density at radius 3 is 2.00 bits per heavy atom. The van der Waals surface area contributed by atoms with Gasteiger partial charge >= 0.3 is 0 Å². The van der Waals surface area contributed by atoms with Gasteiger partial charge in [0.1, 0.15) is 11.6 Å². The molecule has 16 heavy (non-hydrogen) atoms. The van der Waals surface area contributed by atoms with Gasteiger partial charge in [0.2, 0.25) is 0 Å². The molecule has 0 aliphatic rings. The Hall–Kier alpha value is -0.310. The minimum absolute atomic E-state index is 0.0324. The summed E-state index contributed by atoms with van der Waals surface area (Å²) in [4.78, 5) is 23.3. The van der Waals surface area contributed by atoms with Crippen LogP contribution in [0.3, 0.4) is 0 Å². The van der Waals surface area contributed by atoms with E-state index in [1.807, 2.05) is 41.5 Å². The van der Waals surface area contributed by atoms with Gasteiger partial charge in [0.05, 0.1) is 5.75 Å². The van der Waals surface area contributed by atoms with Crippen LogP contribution in [0.25, 0.3) is 0 Å². The van der Waals surface area contributed by atoms with Crippen molar-refractivity contribution >= 4 is 23.3 Å². The maximum Gasteiger partial charge on any atom is 0.145 e. The van der Waals surface area contributed by atoms with Crippen LogP contribution >= 0.6 is 11.8 Å². The molecule has 0 aliphatic heterocycles. The maximum atomic E-state index is 11.9. The van der Waals surface area contributed by atoms with Crippen LogP contribution in [0, 0.1) is 17.3 Å². The van der Waals surface area contributed by atoms with Crippen LogP contribution < -0.4 is 0 Å². The summed E-state index contributed by atoms with van der Waals surface area (Å²) in [5.41, 5.74) is -0.276. The summed E-state index contributed by atoms with van der Waals surface area (Å²) < 4.78 is 0. The van der Waals surface area contributed by atoms with E-state index in [1.54, 1.807) is 11.8 Å². The summed E-state index contributed by atoms with van der Waals surface area (Å²) in [7, 11) is 0. The molecule has 94 valence electrons. The first-order valence-corrected chi connectivity index (χ1v) is 6.96. The van der Waals surface area contributed by atoms with Crippen LogP contribution in [0.2, 0.25) is 0 Å². The van der Waals surface area contributed by atoms with E-state index < -0.39 is 0 Å². The molecule has 0 bridgehead atoms. The lowest BCUT2D eigenvalue weighted by atomic mass is 9.85. The fourth-order valence-electron chi connectivity index (χ4n) is 1.32. The predicted octanol–water partition coefficient (Wildman–Crippen LogP) is 3.20. The summed E-state index contributed by atoms with van der Waals surface area (Å²) in [6, 6.07) is 0. The van der Waals surface area contributed by atoms with Gasteiger partial charge in [-0.25, -0.2) is 0 Å². The first-order chi connectivity index (χ1) is 7.16. The Kier molecular flexibility index (Phi) is 6.31. The molecule has 3 heteroatoms. The third-order valence-electron chi connectivity index (χ3n) is 2.44. The van der Waals surface area contributed by atoms with Crippen molar-refractivity contribution in [3.63, 3.8) is 0 Å². The highest BCUT2D eigenvalue weighted by molar-refractivity contribution is 7.99. The number of ketones is 2. The second-order valence-electron chi connectivity index (χ2n) is 5.65. The van der Waals surface area contributed by atoms with Crippen molar-refractivity contribution in [1.82, 2.24) is 0 Å². The summed E-state index contributed by atoms with van der Waals surface area (Å²) in [6.07, 6.45) is 0. The van der Waals surface area contributed by atoms with E-state index in [2.05, 4.69) is 0 Å². The Bertz CT molecular complexity index is 251. The van der Waals surface area contributed by atoms with E-state index >= 15 is 0 Å². The number of rotatable bonds is 6. The SMILES string of the molecule is CC(C)C(=O)CSCC(C)C(=O)C(C)(C)C. The highest BCUT2D eigenvalue weighted by atomic mass is 32.2. The van der Waals surface area contributed by atoms with Crippen molar-refractivity contribution in [1.29, 1.82) is 0 Å². The number of Topliss-reactive ketones (excluding diaryl/α,β-unsaturated/α-hetero) is 2. The number of carbonyl (C=O) groups is 2. The third-order valence-corrected chi connectivity index (χ3v) is 3.67. The minimum atomic E-state index is -0.276. The molecule has 0 aromatic rings. The lowest BCUT2D eigenvalue weighted by molar-refractivity contribution is -0.129. The topological polar surface area (TPSA) is 34.1 Å². The number of hydrogen-bond donors (Lipinski definition) is 0. The molecule has 0 heterocycles. The quantitative estimate of drug-likeness (QED) is 0.719. The molecule has 0 aliphatic carbocycles. The van der Waals surface area contributed by atoms with Gasteiger partial charge in [-0.2, -0.15) is 11.8 Å². The summed E-state index contributed by atoms with van der Waals surface area (Å²) in [5.74, 6) is 1.94. The van der Waals surface area contributed by atoms with Crippen molar-refractivity contribution in [3.8, 4) is 0 Å². The number of carbonyl (C=O) groups excluding carboxylic acids is 2. The smallest absolute Gasteiger partial charge is 0.145 e. The zero-order chi connectivity index (χ0) is 12.9. The van der Waals surface area contributed by atoms with Gasteiger partial charge in [0.25, 0.3) is 0 Å². The Labute approximate surface area is 104 Å². The predicted molar refractivity (Wildman–Crippen MR) is 70.8 cm³/mol. The highest BCUT2D eigenvalue weighted by Gasteiger charge is 2.26. The molecule has 0 rings (SSSR count). The normalized spacial score (nSPS) is 13.9. The lowest BCUT2D eigenvalue weighted by Crippen LogP contribution is -2.28. The Morgan fingerprint density at radius 1 is 1.12 bits per heavy atom. The van der Waals surface area contributed by atoms with Gasteiger partial charge < -0.3 is 0 Å². The molecular formula is C13H24O2S. The Balaban J connectivity index is 3.96. The fraction of sp³-hybridized carbons (Fsp3) is 0.846. The van der Waals surface area contributed by atoms with Crippen LogP contribution in [0.5, 0.6) is 0 Å². The zero-order valence-corrected chi connectivity index (χ0v) is 12.1.